The van der Waals surface area contributed by atoms with Crippen LogP contribution in [0.2, 0.25) is 0 Å². The first-order valence-corrected chi connectivity index (χ1v) is 6.59. The molecule has 0 saturated carbocycles. The van der Waals surface area contributed by atoms with Crippen molar-refractivity contribution in [2.75, 3.05) is 0 Å². The third-order valence-corrected chi connectivity index (χ3v) is 3.58. The lowest BCUT2D eigenvalue weighted by Gasteiger charge is -2.16. The minimum absolute atomic E-state index is 0.120. The summed E-state index contributed by atoms with van der Waals surface area (Å²) in [5.41, 5.74) is 0.873. The normalized spacial score (nSPS) is 12.5. The molecule has 0 bridgehead atoms. The van der Waals surface area contributed by atoms with Crippen molar-refractivity contribution in [2.24, 2.45) is 0 Å². The second-order valence-electron chi connectivity index (χ2n) is 4.09. The summed E-state index contributed by atoms with van der Waals surface area (Å²) in [4.78, 5) is 3.95. The molecule has 1 aromatic carbocycles. The summed E-state index contributed by atoms with van der Waals surface area (Å²) >= 11 is 2.99. The van der Waals surface area contributed by atoms with Gasteiger partial charge in [-0.15, -0.1) is 0 Å². The molecule has 0 spiro atoms. The molecular weight excluding hydrogens is 316 g/mol. The molecule has 1 aromatic heterocycles. The number of aliphatic hydroxyl groups is 1. The molecule has 0 amide bonds. The van der Waals surface area contributed by atoms with Crippen LogP contribution < -0.4 is 0 Å². The maximum absolute atomic E-state index is 14.0. The number of rotatable bonds is 3. The van der Waals surface area contributed by atoms with Crippen LogP contribution in [0, 0.1) is 11.6 Å². The fourth-order valence-corrected chi connectivity index (χ4v) is 2.29. The summed E-state index contributed by atoms with van der Waals surface area (Å²) in [6.07, 6.45) is 2.35. The van der Waals surface area contributed by atoms with Gasteiger partial charge in [0, 0.05) is 12.4 Å². The highest BCUT2D eigenvalue weighted by Crippen LogP contribution is 2.31. The van der Waals surface area contributed by atoms with E-state index in [1.54, 1.807) is 12.3 Å². The Morgan fingerprint density at radius 3 is 2.74 bits per heavy atom. The minimum atomic E-state index is -1.35. The first-order chi connectivity index (χ1) is 9.06. The molecule has 5 heteroatoms. The Hall–Kier alpha value is -1.33. The van der Waals surface area contributed by atoms with Crippen LogP contribution >= 0.6 is 15.9 Å². The molecule has 0 radical (unpaired) electrons. The first kappa shape index (κ1) is 14.1. The summed E-state index contributed by atoms with van der Waals surface area (Å²) in [5.74, 6) is -1.56. The van der Waals surface area contributed by atoms with Gasteiger partial charge in [-0.2, -0.15) is 0 Å². The zero-order valence-corrected chi connectivity index (χ0v) is 11.8. The predicted octanol–water partition coefficient (Wildman–Crippen LogP) is 3.77. The molecule has 0 saturated heterocycles. The van der Waals surface area contributed by atoms with Gasteiger partial charge in [0.1, 0.15) is 17.7 Å². The average molecular weight is 328 g/mol. The summed E-state index contributed by atoms with van der Waals surface area (Å²) in [6.45, 7) is 1.89. The van der Waals surface area contributed by atoms with Gasteiger partial charge >= 0.3 is 0 Å². The van der Waals surface area contributed by atoms with E-state index < -0.39 is 17.7 Å². The Bertz CT molecular complexity index is 604. The van der Waals surface area contributed by atoms with Gasteiger partial charge in [0.25, 0.3) is 0 Å². The third-order valence-electron chi connectivity index (χ3n) is 2.97. The van der Waals surface area contributed by atoms with Crippen molar-refractivity contribution >= 4 is 15.9 Å². The molecule has 0 aliphatic heterocycles. The number of nitrogens with zero attached hydrogens (tertiary/aromatic N) is 1. The van der Waals surface area contributed by atoms with Crippen LogP contribution in [0.1, 0.15) is 29.7 Å². The zero-order chi connectivity index (χ0) is 14.0. The number of benzene rings is 1. The minimum Gasteiger partial charge on any atom is -0.383 e. The zero-order valence-electron chi connectivity index (χ0n) is 10.2. The number of aliphatic hydroxyl groups excluding tert-OH is 1. The predicted molar refractivity (Wildman–Crippen MR) is 71.7 cm³/mol. The van der Waals surface area contributed by atoms with Crippen molar-refractivity contribution in [3.63, 3.8) is 0 Å². The monoisotopic (exact) mass is 327 g/mol. The molecule has 2 nitrogen and oxygen atoms in total. The van der Waals surface area contributed by atoms with Gasteiger partial charge < -0.3 is 5.11 Å². The van der Waals surface area contributed by atoms with Crippen LogP contribution in [0.4, 0.5) is 8.78 Å². The molecule has 0 aliphatic rings. The van der Waals surface area contributed by atoms with Crippen molar-refractivity contribution in [2.45, 2.75) is 19.4 Å². The van der Waals surface area contributed by atoms with Crippen LogP contribution in [-0.2, 0) is 6.42 Å². The maximum Gasteiger partial charge on any atom is 0.146 e. The second-order valence-corrected chi connectivity index (χ2v) is 4.94. The Labute approximate surface area is 118 Å². The number of aromatic nitrogens is 1. The van der Waals surface area contributed by atoms with E-state index in [2.05, 4.69) is 20.9 Å². The van der Waals surface area contributed by atoms with Gasteiger partial charge in [0.2, 0.25) is 0 Å². The van der Waals surface area contributed by atoms with Gasteiger partial charge in [-0.1, -0.05) is 6.92 Å². The van der Waals surface area contributed by atoms with E-state index in [-0.39, 0.29) is 10.0 Å². The van der Waals surface area contributed by atoms with Gasteiger partial charge in [0.15, 0.2) is 0 Å². The van der Waals surface area contributed by atoms with Crippen molar-refractivity contribution < 1.29 is 13.9 Å². The third kappa shape index (κ3) is 2.67. The van der Waals surface area contributed by atoms with Crippen LogP contribution in [0.3, 0.4) is 0 Å². The Kier molecular flexibility index (Phi) is 4.27. The first-order valence-electron chi connectivity index (χ1n) is 5.80. The summed E-state index contributed by atoms with van der Waals surface area (Å²) in [7, 11) is 0. The standard InChI is InChI=1S/C14H12BrF2NO/c1-2-8-7-18-6-5-9(8)14(19)12-11(16)4-3-10(15)13(12)17/h3-7,14,19H,2H2,1H3. The molecule has 100 valence electrons. The van der Waals surface area contributed by atoms with Gasteiger partial charge in [0.05, 0.1) is 10.0 Å². The van der Waals surface area contributed by atoms with Gasteiger partial charge in [-0.3, -0.25) is 4.98 Å². The topological polar surface area (TPSA) is 33.1 Å². The van der Waals surface area contributed by atoms with E-state index in [0.29, 0.717) is 12.0 Å². The van der Waals surface area contributed by atoms with Crippen LogP contribution in [0.5, 0.6) is 0 Å². The summed E-state index contributed by atoms with van der Waals surface area (Å²) < 4.78 is 27.9. The average Bonchev–Trinajstić information content (AvgIpc) is 2.43. The lowest BCUT2D eigenvalue weighted by molar-refractivity contribution is 0.207. The highest BCUT2D eigenvalue weighted by atomic mass is 79.9. The molecule has 1 unspecified atom stereocenters. The van der Waals surface area contributed by atoms with E-state index in [4.69, 9.17) is 0 Å². The Balaban J connectivity index is 2.56. The molecule has 19 heavy (non-hydrogen) atoms. The number of pyridine rings is 1. The SMILES string of the molecule is CCc1cnccc1C(O)c1c(F)ccc(Br)c1F. The summed E-state index contributed by atoms with van der Waals surface area (Å²) in [5, 5.41) is 10.3. The van der Waals surface area contributed by atoms with Gasteiger partial charge in [-0.25, -0.2) is 8.78 Å². The number of aryl methyl sites for hydroxylation is 1. The van der Waals surface area contributed by atoms with E-state index in [1.165, 1.54) is 12.3 Å². The molecule has 0 fully saturated rings. The molecule has 2 rings (SSSR count). The molecule has 1 heterocycles. The van der Waals surface area contributed by atoms with E-state index in [9.17, 15) is 13.9 Å². The van der Waals surface area contributed by atoms with Crippen LogP contribution in [0.15, 0.2) is 35.1 Å². The quantitative estimate of drug-likeness (QED) is 0.870. The fourth-order valence-electron chi connectivity index (χ4n) is 1.95. The van der Waals surface area contributed by atoms with Crippen molar-refractivity contribution in [1.29, 1.82) is 0 Å². The van der Waals surface area contributed by atoms with E-state index in [0.717, 1.165) is 11.6 Å². The molecule has 0 aliphatic carbocycles. The lowest BCUT2D eigenvalue weighted by Crippen LogP contribution is -2.09. The molecular formula is C14H12BrF2NO. The van der Waals surface area contributed by atoms with Crippen molar-refractivity contribution in [3.8, 4) is 0 Å². The highest BCUT2D eigenvalue weighted by Gasteiger charge is 2.23. The largest absolute Gasteiger partial charge is 0.383 e. The van der Waals surface area contributed by atoms with Crippen molar-refractivity contribution in [3.05, 3.63) is 63.4 Å². The van der Waals surface area contributed by atoms with Gasteiger partial charge in [-0.05, 0) is 51.7 Å². The second kappa shape index (κ2) is 5.75. The van der Waals surface area contributed by atoms with E-state index >= 15 is 0 Å². The Morgan fingerprint density at radius 2 is 2.05 bits per heavy atom. The smallest absolute Gasteiger partial charge is 0.146 e. The number of hydrogen-bond donors (Lipinski definition) is 1. The molecule has 1 N–H and O–H groups in total. The Morgan fingerprint density at radius 1 is 1.32 bits per heavy atom. The van der Waals surface area contributed by atoms with E-state index in [1.807, 2.05) is 6.92 Å². The van der Waals surface area contributed by atoms with Crippen LogP contribution in [-0.4, -0.2) is 10.1 Å². The number of halogens is 3. The fraction of sp³-hybridized carbons (Fsp3) is 0.214. The molecule has 2 aromatic rings. The van der Waals surface area contributed by atoms with Crippen LogP contribution in [0.25, 0.3) is 0 Å². The maximum atomic E-state index is 14.0. The lowest BCUT2D eigenvalue weighted by atomic mass is 9.96. The number of hydrogen-bond acceptors (Lipinski definition) is 2. The highest BCUT2D eigenvalue weighted by molar-refractivity contribution is 9.10. The molecule has 1 atom stereocenters. The van der Waals surface area contributed by atoms with Crippen molar-refractivity contribution in [1.82, 2.24) is 4.98 Å². The summed E-state index contributed by atoms with van der Waals surface area (Å²) in [6, 6.07) is 3.97.